The van der Waals surface area contributed by atoms with Gasteiger partial charge in [0, 0.05) is 19.0 Å². The van der Waals surface area contributed by atoms with E-state index < -0.39 is 17.9 Å². The second kappa shape index (κ2) is 12.3. The number of hydrogen-bond acceptors (Lipinski definition) is 6. The van der Waals surface area contributed by atoms with E-state index >= 15 is 0 Å². The molecule has 2 aromatic carbocycles. The molecule has 0 saturated carbocycles. The first-order chi connectivity index (χ1) is 14.9. The van der Waals surface area contributed by atoms with E-state index in [1.54, 1.807) is 43.7 Å². The highest BCUT2D eigenvalue weighted by atomic mass is 127. The van der Waals surface area contributed by atoms with Crippen molar-refractivity contribution in [3.05, 3.63) is 59.7 Å². The number of benzene rings is 2. The van der Waals surface area contributed by atoms with Crippen molar-refractivity contribution in [1.82, 2.24) is 0 Å². The number of ether oxygens (including phenoxy) is 2. The average molecular weight is 544 g/mol. The summed E-state index contributed by atoms with van der Waals surface area (Å²) in [6, 6.07) is 14.0. The highest BCUT2D eigenvalue weighted by Crippen LogP contribution is 2.29. The Hall–Kier alpha value is -2.56. The molecule has 0 heterocycles. The lowest BCUT2D eigenvalue weighted by Gasteiger charge is -2.25. The van der Waals surface area contributed by atoms with Gasteiger partial charge in [0.2, 0.25) is 5.54 Å². The average Bonchev–Trinajstić information content (AvgIpc) is 2.80. The smallest absolute Gasteiger partial charge is 0.349 e. The Balaban J connectivity index is 2.12. The zero-order chi connectivity index (χ0) is 22.7. The van der Waals surface area contributed by atoms with Crippen molar-refractivity contribution in [2.24, 2.45) is 9.98 Å². The van der Waals surface area contributed by atoms with Crippen molar-refractivity contribution in [1.29, 1.82) is 0 Å². The van der Waals surface area contributed by atoms with Gasteiger partial charge < -0.3 is 12.5 Å². The lowest BCUT2D eigenvalue weighted by Crippen LogP contribution is -2.44. The topological polar surface area (TPSA) is 69.5 Å². The third kappa shape index (κ3) is 6.98. The van der Waals surface area contributed by atoms with Gasteiger partial charge in [0.25, 0.3) is 6.43 Å². The van der Waals surface area contributed by atoms with E-state index in [2.05, 4.69) is 13.1 Å². The molecule has 1 atom stereocenters. The van der Waals surface area contributed by atoms with E-state index in [1.165, 1.54) is 36.3 Å². The van der Waals surface area contributed by atoms with Crippen LogP contribution in [-0.2, 0) is 7.86 Å². The molecule has 0 amide bonds. The van der Waals surface area contributed by atoms with Crippen molar-refractivity contribution in [3.63, 3.8) is 0 Å². The van der Waals surface area contributed by atoms with E-state index in [4.69, 9.17) is 9.47 Å². The van der Waals surface area contributed by atoms with Crippen LogP contribution in [-0.4, -0.2) is 51.1 Å². The summed E-state index contributed by atoms with van der Waals surface area (Å²) in [5, 5.41) is 0. The lowest BCUT2D eigenvalue weighted by molar-refractivity contribution is -0.143. The Morgan fingerprint density at radius 2 is 1.65 bits per heavy atom. The molecule has 6 nitrogen and oxygen atoms in total. The number of nitrogens with zero attached hydrogens (tertiary/aromatic N) is 2. The molecule has 0 radical (unpaired) electrons. The molecule has 0 aromatic heterocycles. The minimum atomic E-state index is -3.04. The van der Waals surface area contributed by atoms with Crippen LogP contribution in [0.3, 0.4) is 0 Å². The predicted molar refractivity (Wildman–Crippen MR) is 124 cm³/mol. The maximum absolute atomic E-state index is 14.0. The normalized spacial score (nSPS) is 13.5. The van der Waals surface area contributed by atoms with Crippen LogP contribution in [0, 0.1) is 0 Å². The van der Waals surface area contributed by atoms with Gasteiger partial charge in [-0.05, 0) is 48.2 Å². The summed E-state index contributed by atoms with van der Waals surface area (Å²) >= 11 is 1.30. The van der Waals surface area contributed by atoms with Crippen molar-refractivity contribution in [2.45, 2.75) is 24.8 Å². The number of rotatable bonds is 11. The van der Waals surface area contributed by atoms with Gasteiger partial charge in [-0.1, -0.05) is 24.3 Å². The number of methoxy groups -OCH3 is 2. The molecule has 0 bridgehead atoms. The third-order valence-corrected chi connectivity index (χ3v) is 4.90. The van der Waals surface area contributed by atoms with Gasteiger partial charge >= 0.3 is 5.97 Å². The summed E-state index contributed by atoms with van der Waals surface area (Å²) in [7, 11) is 3.07. The maximum atomic E-state index is 14.0. The highest BCUT2D eigenvalue weighted by molar-refractivity contribution is 14.1. The van der Waals surface area contributed by atoms with Crippen LogP contribution >= 0.6 is 23.0 Å². The van der Waals surface area contributed by atoms with Crippen LogP contribution in [0.2, 0.25) is 0 Å². The van der Waals surface area contributed by atoms with Crippen LogP contribution in [0.5, 0.6) is 11.5 Å². The SMILES string of the molecule is COc1cccc(C=NCCCC(N=Cc2cccc(OC)c2)(C(=O)OI)C(F)F)c1. The first kappa shape index (κ1) is 24.7. The first-order valence-electron chi connectivity index (χ1n) is 9.39. The molecule has 0 aliphatic rings. The fourth-order valence-corrected chi connectivity index (χ4v) is 3.17. The van der Waals surface area contributed by atoms with Crippen LogP contribution in [0.25, 0.3) is 0 Å². The molecule has 1 unspecified atom stereocenters. The van der Waals surface area contributed by atoms with Gasteiger partial charge in [-0.25, -0.2) is 13.6 Å². The summed E-state index contributed by atoms with van der Waals surface area (Å²) < 4.78 is 42.9. The molecular formula is C22H23F2IN2O4. The molecule has 0 aliphatic heterocycles. The molecule has 0 spiro atoms. The summed E-state index contributed by atoms with van der Waals surface area (Å²) in [5.41, 5.74) is -0.959. The fraction of sp³-hybridized carbons (Fsp3) is 0.318. The van der Waals surface area contributed by atoms with Crippen LogP contribution in [0.1, 0.15) is 24.0 Å². The summed E-state index contributed by atoms with van der Waals surface area (Å²) in [5.74, 6) is 0.145. The monoisotopic (exact) mass is 544 g/mol. The standard InChI is InChI=1S/C22H23F2IN2O4/c1-29-18-8-3-6-16(12-18)14-26-11-5-10-22(20(23)24,21(28)31-25)27-15-17-7-4-9-19(13-17)30-2/h3-4,6-9,12-15,20H,5,10-11H2,1-2H3. The van der Waals surface area contributed by atoms with E-state index in [0.29, 0.717) is 17.1 Å². The summed E-state index contributed by atoms with van der Waals surface area (Å²) in [6.45, 7) is 0.245. The summed E-state index contributed by atoms with van der Waals surface area (Å²) in [6.07, 6.45) is -0.183. The molecular weight excluding hydrogens is 521 g/mol. The maximum Gasteiger partial charge on any atom is 0.349 e. The van der Waals surface area contributed by atoms with Crippen LogP contribution < -0.4 is 9.47 Å². The van der Waals surface area contributed by atoms with E-state index in [0.717, 1.165) is 5.56 Å². The molecule has 2 rings (SSSR count). The third-order valence-electron chi connectivity index (χ3n) is 4.50. The van der Waals surface area contributed by atoms with E-state index in [1.807, 2.05) is 18.2 Å². The lowest BCUT2D eigenvalue weighted by atomic mass is 9.94. The van der Waals surface area contributed by atoms with Crippen molar-refractivity contribution in [3.8, 4) is 11.5 Å². The number of carbonyl (C=O) groups excluding carboxylic acids is 1. The van der Waals surface area contributed by atoms with Crippen molar-refractivity contribution < 1.29 is 26.1 Å². The van der Waals surface area contributed by atoms with Crippen LogP contribution in [0.4, 0.5) is 8.78 Å². The minimum absolute atomic E-state index is 0.214. The Morgan fingerprint density at radius 1 is 1.06 bits per heavy atom. The van der Waals surface area contributed by atoms with Gasteiger partial charge in [0.1, 0.15) is 11.5 Å². The minimum Gasteiger partial charge on any atom is -0.497 e. The van der Waals surface area contributed by atoms with Crippen molar-refractivity contribution >= 4 is 41.4 Å². The molecule has 0 aliphatic carbocycles. The van der Waals surface area contributed by atoms with E-state index in [9.17, 15) is 13.6 Å². The van der Waals surface area contributed by atoms with Crippen LogP contribution in [0.15, 0.2) is 58.5 Å². The molecule has 0 fully saturated rings. The molecule has 2 aromatic rings. The second-order valence-corrected chi connectivity index (χ2v) is 6.98. The number of halogens is 3. The largest absolute Gasteiger partial charge is 0.497 e. The quantitative estimate of drug-likeness (QED) is 0.229. The van der Waals surface area contributed by atoms with Gasteiger partial charge in [-0.15, -0.1) is 0 Å². The molecule has 9 heteroatoms. The predicted octanol–water partition coefficient (Wildman–Crippen LogP) is 4.92. The Labute approximate surface area is 194 Å². The molecule has 0 N–H and O–H groups in total. The zero-order valence-corrected chi connectivity index (χ0v) is 19.3. The van der Waals surface area contributed by atoms with Gasteiger partial charge in [0.15, 0.2) is 23.0 Å². The molecule has 0 saturated heterocycles. The van der Waals surface area contributed by atoms with Gasteiger partial charge in [-0.3, -0.25) is 9.98 Å². The summed E-state index contributed by atoms with van der Waals surface area (Å²) in [4.78, 5) is 20.5. The van der Waals surface area contributed by atoms with Gasteiger partial charge in [0.05, 0.1) is 14.2 Å². The molecule has 31 heavy (non-hydrogen) atoms. The first-order valence-corrected chi connectivity index (χ1v) is 10.3. The molecule has 166 valence electrons. The van der Waals surface area contributed by atoms with Crippen molar-refractivity contribution in [2.75, 3.05) is 20.8 Å². The second-order valence-electron chi connectivity index (χ2n) is 6.54. The number of carbonyl (C=O) groups is 1. The highest BCUT2D eigenvalue weighted by Gasteiger charge is 2.48. The zero-order valence-electron chi connectivity index (χ0n) is 17.1. The Bertz CT molecular complexity index is 924. The Morgan fingerprint density at radius 3 is 2.16 bits per heavy atom. The number of hydrogen-bond donors (Lipinski definition) is 0. The number of alkyl halides is 2. The fourth-order valence-electron chi connectivity index (χ4n) is 2.78. The van der Waals surface area contributed by atoms with Gasteiger partial charge in [-0.2, -0.15) is 0 Å². The number of aliphatic imine (C=N–C) groups is 2. The van der Waals surface area contributed by atoms with E-state index in [-0.39, 0.29) is 19.4 Å². The Kier molecular flexibility index (Phi) is 9.83.